The quantitative estimate of drug-likeness (QED) is 0.533. The second kappa shape index (κ2) is 8.84. The Hall–Kier alpha value is -2.04. The lowest BCUT2D eigenvalue weighted by Crippen LogP contribution is -2.37. The third-order valence-corrected chi connectivity index (χ3v) is 8.21. The minimum Gasteiger partial charge on any atom is -0.376 e. The van der Waals surface area contributed by atoms with E-state index in [1.807, 2.05) is 12.1 Å². The van der Waals surface area contributed by atoms with Gasteiger partial charge in [0.1, 0.15) is 0 Å². The number of amides is 1. The van der Waals surface area contributed by atoms with Gasteiger partial charge in [-0.2, -0.15) is 0 Å². The maximum absolute atomic E-state index is 13.4. The Kier molecular flexibility index (Phi) is 6.32. The van der Waals surface area contributed by atoms with Gasteiger partial charge in [0.15, 0.2) is 5.13 Å². The van der Waals surface area contributed by atoms with Crippen molar-refractivity contribution in [1.82, 2.24) is 9.29 Å². The molecular formula is C21H22ClN3O4S2. The Morgan fingerprint density at radius 1 is 1.23 bits per heavy atom. The highest BCUT2D eigenvalue weighted by molar-refractivity contribution is 7.89. The van der Waals surface area contributed by atoms with E-state index in [4.69, 9.17) is 16.3 Å². The lowest BCUT2D eigenvalue weighted by Gasteiger charge is -2.23. The molecule has 1 fully saturated rings. The molecule has 1 saturated heterocycles. The van der Waals surface area contributed by atoms with Gasteiger partial charge in [-0.25, -0.2) is 17.7 Å². The van der Waals surface area contributed by atoms with Crippen LogP contribution in [0.1, 0.15) is 23.2 Å². The van der Waals surface area contributed by atoms with Crippen LogP contribution >= 0.6 is 22.9 Å². The van der Waals surface area contributed by atoms with E-state index >= 15 is 0 Å². The normalized spacial score (nSPS) is 16.8. The molecule has 1 unspecified atom stereocenters. The number of fused-ring (bicyclic) bond motifs is 1. The van der Waals surface area contributed by atoms with Gasteiger partial charge in [0.05, 0.1) is 27.8 Å². The molecule has 10 heteroatoms. The molecule has 0 saturated carbocycles. The molecular weight excluding hydrogens is 458 g/mol. The molecule has 1 aromatic heterocycles. The number of hydrogen-bond acceptors (Lipinski definition) is 6. The smallest absolute Gasteiger partial charge is 0.260 e. The van der Waals surface area contributed by atoms with Crippen molar-refractivity contribution in [1.29, 1.82) is 0 Å². The molecule has 1 atom stereocenters. The van der Waals surface area contributed by atoms with Crippen LogP contribution in [0.4, 0.5) is 5.13 Å². The standard InChI is InChI=1S/C21H22ClN3O4S2/c1-24(2)31(27,28)17-8-5-14(6-9-17)20(26)25(13-16-4-3-11-29-16)21-23-18-10-7-15(22)12-19(18)30-21/h5-10,12,16H,3-4,11,13H2,1-2H3. The number of anilines is 1. The summed E-state index contributed by atoms with van der Waals surface area (Å²) in [5, 5.41) is 1.17. The highest BCUT2D eigenvalue weighted by Crippen LogP contribution is 2.32. The second-order valence-electron chi connectivity index (χ2n) is 7.47. The van der Waals surface area contributed by atoms with Gasteiger partial charge in [0.2, 0.25) is 10.0 Å². The summed E-state index contributed by atoms with van der Waals surface area (Å²) in [6.07, 6.45) is 1.77. The fraction of sp³-hybridized carbons (Fsp3) is 0.333. The van der Waals surface area contributed by atoms with Gasteiger partial charge in [0.25, 0.3) is 5.91 Å². The average molecular weight is 480 g/mol. The number of carbonyl (C=O) groups is 1. The minimum atomic E-state index is -3.57. The SMILES string of the molecule is CN(C)S(=O)(=O)c1ccc(C(=O)N(CC2CCCO2)c2nc3ccc(Cl)cc3s2)cc1. The van der Waals surface area contributed by atoms with Gasteiger partial charge in [-0.15, -0.1) is 0 Å². The van der Waals surface area contributed by atoms with Crippen LogP contribution in [-0.4, -0.2) is 57.0 Å². The van der Waals surface area contributed by atoms with E-state index < -0.39 is 10.0 Å². The van der Waals surface area contributed by atoms with E-state index in [0.29, 0.717) is 28.9 Å². The summed E-state index contributed by atoms with van der Waals surface area (Å²) in [7, 11) is -0.627. The number of rotatable bonds is 6. The zero-order chi connectivity index (χ0) is 22.2. The monoisotopic (exact) mass is 479 g/mol. The van der Waals surface area contributed by atoms with Crippen LogP contribution in [0.2, 0.25) is 5.02 Å². The number of benzene rings is 2. The van der Waals surface area contributed by atoms with Crippen LogP contribution in [0.5, 0.6) is 0 Å². The molecule has 0 aliphatic carbocycles. The zero-order valence-electron chi connectivity index (χ0n) is 17.1. The lowest BCUT2D eigenvalue weighted by molar-refractivity contribution is 0.0917. The molecule has 164 valence electrons. The summed E-state index contributed by atoms with van der Waals surface area (Å²) in [5.41, 5.74) is 1.15. The van der Waals surface area contributed by atoms with E-state index in [1.54, 1.807) is 11.0 Å². The summed E-state index contributed by atoms with van der Waals surface area (Å²) in [4.78, 5) is 19.8. The van der Waals surface area contributed by atoms with Gasteiger partial charge in [-0.1, -0.05) is 22.9 Å². The van der Waals surface area contributed by atoms with Crippen LogP contribution in [-0.2, 0) is 14.8 Å². The van der Waals surface area contributed by atoms with E-state index in [1.165, 1.54) is 49.7 Å². The molecule has 0 N–H and O–H groups in total. The van der Waals surface area contributed by atoms with Gasteiger partial charge in [-0.3, -0.25) is 9.69 Å². The van der Waals surface area contributed by atoms with E-state index in [0.717, 1.165) is 27.4 Å². The number of nitrogens with zero attached hydrogens (tertiary/aromatic N) is 3. The first-order valence-electron chi connectivity index (χ1n) is 9.78. The molecule has 7 nitrogen and oxygen atoms in total. The molecule has 3 aromatic rings. The minimum absolute atomic E-state index is 0.0621. The lowest BCUT2D eigenvalue weighted by atomic mass is 10.2. The Morgan fingerprint density at radius 2 is 1.97 bits per heavy atom. The van der Waals surface area contributed by atoms with Gasteiger partial charge >= 0.3 is 0 Å². The first kappa shape index (κ1) is 22.2. The number of ether oxygens (including phenoxy) is 1. The molecule has 31 heavy (non-hydrogen) atoms. The Morgan fingerprint density at radius 3 is 2.61 bits per heavy atom. The van der Waals surface area contributed by atoms with Crippen LogP contribution in [0.25, 0.3) is 10.2 Å². The average Bonchev–Trinajstić information content (AvgIpc) is 3.40. The largest absolute Gasteiger partial charge is 0.376 e. The maximum atomic E-state index is 13.4. The van der Waals surface area contributed by atoms with Crippen molar-refractivity contribution >= 4 is 54.2 Å². The molecule has 0 bridgehead atoms. The highest BCUT2D eigenvalue weighted by atomic mass is 35.5. The number of carbonyl (C=O) groups excluding carboxylic acids is 1. The molecule has 1 amide bonds. The molecule has 2 heterocycles. The van der Waals surface area contributed by atoms with Crippen LogP contribution in [0.15, 0.2) is 47.4 Å². The summed E-state index contributed by atoms with van der Waals surface area (Å²) < 4.78 is 32.4. The van der Waals surface area contributed by atoms with Crippen molar-refractivity contribution in [3.05, 3.63) is 53.1 Å². The van der Waals surface area contributed by atoms with Crippen molar-refractivity contribution in [2.24, 2.45) is 0 Å². The molecule has 1 aliphatic rings. The first-order chi connectivity index (χ1) is 14.8. The molecule has 4 rings (SSSR count). The van der Waals surface area contributed by atoms with E-state index in [2.05, 4.69) is 4.98 Å². The maximum Gasteiger partial charge on any atom is 0.260 e. The number of halogens is 1. The molecule has 0 radical (unpaired) electrons. The van der Waals surface area contributed by atoms with Crippen molar-refractivity contribution in [2.45, 2.75) is 23.8 Å². The van der Waals surface area contributed by atoms with Crippen LogP contribution in [0.3, 0.4) is 0 Å². The number of hydrogen-bond donors (Lipinski definition) is 0. The summed E-state index contributed by atoms with van der Waals surface area (Å²) in [5.74, 6) is -0.255. The van der Waals surface area contributed by atoms with Crippen molar-refractivity contribution in [3.63, 3.8) is 0 Å². The van der Waals surface area contributed by atoms with E-state index in [9.17, 15) is 13.2 Å². The summed E-state index contributed by atoms with van der Waals surface area (Å²) in [6.45, 7) is 1.06. The zero-order valence-corrected chi connectivity index (χ0v) is 19.5. The number of sulfonamides is 1. The Labute approximate surface area is 190 Å². The van der Waals surface area contributed by atoms with Crippen molar-refractivity contribution in [2.75, 3.05) is 32.1 Å². The first-order valence-corrected chi connectivity index (χ1v) is 12.4. The van der Waals surface area contributed by atoms with Gasteiger partial charge < -0.3 is 4.74 Å². The molecule has 2 aromatic carbocycles. The number of thiazole rings is 1. The predicted molar refractivity (Wildman–Crippen MR) is 123 cm³/mol. The van der Waals surface area contributed by atoms with Crippen molar-refractivity contribution < 1.29 is 17.9 Å². The van der Waals surface area contributed by atoms with Crippen LogP contribution < -0.4 is 4.90 Å². The second-order valence-corrected chi connectivity index (χ2v) is 11.1. The van der Waals surface area contributed by atoms with Crippen LogP contribution in [0, 0.1) is 0 Å². The highest BCUT2D eigenvalue weighted by Gasteiger charge is 2.27. The topological polar surface area (TPSA) is 79.8 Å². The molecule has 1 aliphatic heterocycles. The fourth-order valence-corrected chi connectivity index (χ4v) is 5.53. The third-order valence-electron chi connectivity index (χ3n) is 5.11. The Bertz CT molecular complexity index is 1200. The fourth-order valence-electron chi connectivity index (χ4n) is 3.38. The molecule has 0 spiro atoms. The predicted octanol–water partition coefficient (Wildman–Crippen LogP) is 4.03. The van der Waals surface area contributed by atoms with Gasteiger partial charge in [0, 0.05) is 31.3 Å². The Balaban J connectivity index is 1.68. The summed E-state index contributed by atoms with van der Waals surface area (Å²) >= 11 is 7.49. The van der Waals surface area contributed by atoms with Gasteiger partial charge in [-0.05, 0) is 55.3 Å². The summed E-state index contributed by atoms with van der Waals surface area (Å²) in [6, 6.07) is 11.4. The van der Waals surface area contributed by atoms with E-state index in [-0.39, 0.29) is 16.9 Å². The third kappa shape index (κ3) is 4.61. The van der Waals surface area contributed by atoms with Crippen molar-refractivity contribution in [3.8, 4) is 0 Å². The number of aromatic nitrogens is 1.